The van der Waals surface area contributed by atoms with Gasteiger partial charge in [-0.25, -0.2) is 4.74 Å². The van der Waals surface area contributed by atoms with Crippen molar-refractivity contribution in [1.29, 1.82) is 0 Å². The maximum Gasteiger partial charge on any atom is 0.181 e. The van der Waals surface area contributed by atoms with Crippen molar-refractivity contribution >= 4 is 23.8 Å². The van der Waals surface area contributed by atoms with E-state index in [1.807, 2.05) is 67.8 Å². The van der Waals surface area contributed by atoms with Gasteiger partial charge in [-0.3, -0.25) is 4.79 Å². The molecule has 2 rings (SSSR count). The highest BCUT2D eigenvalue weighted by atomic mass is 32.2. The van der Waals surface area contributed by atoms with Gasteiger partial charge in [0.25, 0.3) is 0 Å². The Labute approximate surface area is 141 Å². The number of carbonyl (C=O) groups excluding carboxylic acids is 1. The van der Waals surface area contributed by atoms with Crippen molar-refractivity contribution in [2.75, 3.05) is 12.8 Å². The molecule has 120 valence electrons. The van der Waals surface area contributed by atoms with E-state index in [4.69, 9.17) is 0 Å². The van der Waals surface area contributed by atoms with Gasteiger partial charge in [0.15, 0.2) is 18.5 Å². The number of hydrogen-bond acceptors (Lipinski definition) is 3. The minimum Gasteiger partial charge on any atom is -0.624 e. The second-order valence-electron chi connectivity index (χ2n) is 5.31. The zero-order chi connectivity index (χ0) is 16.7. The first-order chi connectivity index (χ1) is 11.2. The van der Waals surface area contributed by atoms with E-state index in [2.05, 4.69) is 0 Å². The molecule has 0 saturated carbocycles. The molecule has 23 heavy (non-hydrogen) atoms. The minimum atomic E-state index is -0.305. The molecule has 1 atom stereocenters. The Morgan fingerprint density at radius 1 is 1.17 bits per heavy atom. The molecule has 0 aliphatic rings. The molecule has 3 nitrogen and oxygen atoms in total. The van der Waals surface area contributed by atoms with Crippen LogP contribution in [0.4, 0.5) is 0 Å². The molecule has 0 spiro atoms. The summed E-state index contributed by atoms with van der Waals surface area (Å²) in [7, 11) is 0. The van der Waals surface area contributed by atoms with Crippen molar-refractivity contribution in [1.82, 2.24) is 0 Å². The Kier molecular flexibility index (Phi) is 6.41. The molecule has 0 bridgehead atoms. The predicted molar refractivity (Wildman–Crippen MR) is 96.4 cm³/mol. The number of ketones is 1. The van der Waals surface area contributed by atoms with E-state index in [1.165, 1.54) is 6.21 Å². The standard InChI is InChI=1S/C19H21NO2S/c1-3-16(14-20(22)13-15-9-5-4-6-10-15)19(21)17-11-7-8-12-18(17)23-2/h4-13,16H,3,14H2,1-2H3. The third-order valence-corrected chi connectivity index (χ3v) is 4.52. The summed E-state index contributed by atoms with van der Waals surface area (Å²) in [6.45, 7) is 2.12. The van der Waals surface area contributed by atoms with E-state index in [0.29, 0.717) is 12.0 Å². The highest BCUT2D eigenvalue weighted by Crippen LogP contribution is 2.23. The number of Topliss-reactive ketones (excluding diaryl/α,β-unsaturated/α-hetero) is 1. The van der Waals surface area contributed by atoms with Gasteiger partial charge >= 0.3 is 0 Å². The summed E-state index contributed by atoms with van der Waals surface area (Å²) >= 11 is 1.55. The van der Waals surface area contributed by atoms with Crippen molar-refractivity contribution in [2.45, 2.75) is 18.2 Å². The van der Waals surface area contributed by atoms with Crippen molar-refractivity contribution in [3.8, 4) is 0 Å². The van der Waals surface area contributed by atoms with Crippen molar-refractivity contribution in [3.63, 3.8) is 0 Å². The monoisotopic (exact) mass is 327 g/mol. The molecule has 0 saturated heterocycles. The third-order valence-electron chi connectivity index (χ3n) is 3.73. The molecule has 0 amide bonds. The number of rotatable bonds is 7. The van der Waals surface area contributed by atoms with Crippen LogP contribution in [0.15, 0.2) is 59.5 Å². The number of benzene rings is 2. The van der Waals surface area contributed by atoms with E-state index < -0.39 is 0 Å². The SMILES string of the molecule is CCC(C[N+]([O-])=Cc1ccccc1)C(=O)c1ccccc1SC. The van der Waals surface area contributed by atoms with Crippen LogP contribution in [0.3, 0.4) is 0 Å². The summed E-state index contributed by atoms with van der Waals surface area (Å²) in [6.07, 6.45) is 4.13. The van der Waals surface area contributed by atoms with Gasteiger partial charge in [0.1, 0.15) is 0 Å². The lowest BCUT2D eigenvalue weighted by Crippen LogP contribution is -2.25. The van der Waals surface area contributed by atoms with Gasteiger partial charge < -0.3 is 5.21 Å². The molecule has 0 N–H and O–H groups in total. The second kappa shape index (κ2) is 8.53. The van der Waals surface area contributed by atoms with Crippen LogP contribution >= 0.6 is 11.8 Å². The molecule has 4 heteroatoms. The van der Waals surface area contributed by atoms with Gasteiger partial charge in [0.05, 0.1) is 5.92 Å². The largest absolute Gasteiger partial charge is 0.624 e. The summed E-state index contributed by atoms with van der Waals surface area (Å²) in [6, 6.07) is 17.0. The van der Waals surface area contributed by atoms with Crippen LogP contribution in [0.5, 0.6) is 0 Å². The summed E-state index contributed by atoms with van der Waals surface area (Å²) < 4.78 is 0.864. The molecular formula is C19H21NO2S. The topological polar surface area (TPSA) is 43.1 Å². The van der Waals surface area contributed by atoms with Crippen LogP contribution in [0.25, 0.3) is 0 Å². The zero-order valence-corrected chi connectivity index (χ0v) is 14.3. The Balaban J connectivity index is 2.16. The molecule has 0 heterocycles. The lowest BCUT2D eigenvalue weighted by molar-refractivity contribution is -0.458. The smallest absolute Gasteiger partial charge is 0.181 e. The highest BCUT2D eigenvalue weighted by molar-refractivity contribution is 7.98. The lowest BCUT2D eigenvalue weighted by Gasteiger charge is -2.15. The Morgan fingerprint density at radius 3 is 2.48 bits per heavy atom. The van der Waals surface area contributed by atoms with Crippen molar-refractivity contribution in [2.24, 2.45) is 5.92 Å². The van der Waals surface area contributed by atoms with Crippen LogP contribution in [0, 0.1) is 11.1 Å². The molecule has 0 aliphatic heterocycles. The van der Waals surface area contributed by atoms with Gasteiger partial charge in [-0.15, -0.1) is 11.8 Å². The molecule has 0 radical (unpaired) electrons. The molecular weight excluding hydrogens is 306 g/mol. The van der Waals surface area contributed by atoms with E-state index in [1.54, 1.807) is 11.8 Å². The molecule has 0 aromatic heterocycles. The molecule has 1 unspecified atom stereocenters. The minimum absolute atomic E-state index is 0.0414. The molecule has 0 fully saturated rings. The Morgan fingerprint density at radius 2 is 1.83 bits per heavy atom. The fraction of sp³-hybridized carbons (Fsp3) is 0.263. The van der Waals surface area contributed by atoms with Crippen LogP contribution < -0.4 is 0 Å². The Hall–Kier alpha value is -2.07. The average Bonchev–Trinajstić information content (AvgIpc) is 2.60. The van der Waals surface area contributed by atoms with E-state index in [-0.39, 0.29) is 18.2 Å². The summed E-state index contributed by atoms with van der Waals surface area (Å²) in [5.74, 6) is -0.263. The predicted octanol–water partition coefficient (Wildman–Crippen LogP) is 4.25. The fourth-order valence-corrected chi connectivity index (χ4v) is 3.04. The van der Waals surface area contributed by atoms with Gasteiger partial charge in [0.2, 0.25) is 0 Å². The Bertz CT molecular complexity index is 683. The average molecular weight is 327 g/mol. The molecule has 2 aromatic rings. The zero-order valence-electron chi connectivity index (χ0n) is 13.4. The number of nitrogens with zero attached hydrogens (tertiary/aromatic N) is 1. The summed E-state index contributed by atoms with van der Waals surface area (Å²) in [5, 5.41) is 12.2. The van der Waals surface area contributed by atoms with Gasteiger partial charge in [-0.2, -0.15) is 0 Å². The summed E-state index contributed by atoms with van der Waals surface area (Å²) in [5.41, 5.74) is 1.55. The fourth-order valence-electron chi connectivity index (χ4n) is 2.44. The van der Waals surface area contributed by atoms with Crippen LogP contribution in [-0.4, -0.2) is 29.5 Å². The molecule has 0 aliphatic carbocycles. The highest BCUT2D eigenvalue weighted by Gasteiger charge is 2.23. The normalized spacial score (nSPS) is 12.9. The number of hydroxylamine groups is 1. The summed E-state index contributed by atoms with van der Waals surface area (Å²) in [4.78, 5) is 13.7. The quantitative estimate of drug-likeness (QED) is 0.191. The number of carbonyl (C=O) groups is 1. The van der Waals surface area contributed by atoms with Crippen LogP contribution in [-0.2, 0) is 0 Å². The maximum absolute atomic E-state index is 12.8. The van der Waals surface area contributed by atoms with Gasteiger partial charge in [0, 0.05) is 16.0 Å². The van der Waals surface area contributed by atoms with Crippen molar-refractivity contribution < 1.29 is 9.53 Å². The maximum atomic E-state index is 12.8. The van der Waals surface area contributed by atoms with Crippen LogP contribution in [0.2, 0.25) is 0 Å². The number of hydrogen-bond donors (Lipinski definition) is 0. The van der Waals surface area contributed by atoms with Gasteiger partial charge in [-0.05, 0) is 30.9 Å². The van der Waals surface area contributed by atoms with Crippen LogP contribution in [0.1, 0.15) is 29.3 Å². The van der Waals surface area contributed by atoms with Crippen molar-refractivity contribution in [3.05, 3.63) is 70.9 Å². The molecule has 2 aromatic carbocycles. The number of thioether (sulfide) groups is 1. The third kappa shape index (κ3) is 4.70. The van der Waals surface area contributed by atoms with E-state index in [9.17, 15) is 10.0 Å². The first kappa shape index (κ1) is 17.3. The lowest BCUT2D eigenvalue weighted by atomic mass is 9.95. The van der Waals surface area contributed by atoms with Gasteiger partial charge in [-0.1, -0.05) is 43.3 Å². The first-order valence-corrected chi connectivity index (χ1v) is 8.89. The van der Waals surface area contributed by atoms with E-state index in [0.717, 1.165) is 15.2 Å². The van der Waals surface area contributed by atoms with E-state index >= 15 is 0 Å². The first-order valence-electron chi connectivity index (χ1n) is 7.66. The second-order valence-corrected chi connectivity index (χ2v) is 6.16.